The fraction of sp³-hybridized carbons (Fsp3) is 0.647. The summed E-state index contributed by atoms with van der Waals surface area (Å²) in [6.45, 7) is 9.67. The SMILES string of the molecule is CCNC1CC(c2cc([N+](=O)[O-])ccc2C)C1(CC)CC. The van der Waals surface area contributed by atoms with E-state index in [9.17, 15) is 10.1 Å². The molecule has 4 nitrogen and oxygen atoms in total. The van der Waals surface area contributed by atoms with E-state index in [0.29, 0.717) is 12.0 Å². The van der Waals surface area contributed by atoms with Crippen LogP contribution in [-0.4, -0.2) is 17.5 Å². The van der Waals surface area contributed by atoms with Gasteiger partial charge in [-0.25, -0.2) is 0 Å². The van der Waals surface area contributed by atoms with Crippen molar-refractivity contribution in [2.24, 2.45) is 5.41 Å². The molecular formula is C17H26N2O2. The molecule has 116 valence electrons. The lowest BCUT2D eigenvalue weighted by Crippen LogP contribution is -2.58. The molecule has 21 heavy (non-hydrogen) atoms. The second kappa shape index (κ2) is 6.14. The Bertz CT molecular complexity index is 524. The number of benzene rings is 1. The van der Waals surface area contributed by atoms with Gasteiger partial charge in [0.05, 0.1) is 4.92 Å². The number of aryl methyl sites for hydroxylation is 1. The van der Waals surface area contributed by atoms with Gasteiger partial charge in [-0.3, -0.25) is 10.1 Å². The minimum Gasteiger partial charge on any atom is -0.314 e. The van der Waals surface area contributed by atoms with Crippen molar-refractivity contribution in [2.75, 3.05) is 6.54 Å². The van der Waals surface area contributed by atoms with Crippen molar-refractivity contribution < 1.29 is 4.92 Å². The van der Waals surface area contributed by atoms with Gasteiger partial charge in [-0.1, -0.05) is 26.8 Å². The Labute approximate surface area is 127 Å². The highest BCUT2D eigenvalue weighted by Crippen LogP contribution is 2.58. The smallest absolute Gasteiger partial charge is 0.269 e. The van der Waals surface area contributed by atoms with Crippen LogP contribution >= 0.6 is 0 Å². The molecule has 0 saturated heterocycles. The van der Waals surface area contributed by atoms with Crippen LogP contribution < -0.4 is 5.32 Å². The molecule has 1 N–H and O–H groups in total. The maximum absolute atomic E-state index is 11.1. The van der Waals surface area contributed by atoms with Crippen molar-refractivity contribution >= 4 is 5.69 Å². The van der Waals surface area contributed by atoms with Crippen LogP contribution in [0.1, 0.15) is 57.1 Å². The number of hydrogen-bond acceptors (Lipinski definition) is 3. The van der Waals surface area contributed by atoms with Gasteiger partial charge in [0.25, 0.3) is 5.69 Å². The molecule has 1 fully saturated rings. The fourth-order valence-electron chi connectivity index (χ4n) is 4.11. The van der Waals surface area contributed by atoms with Crippen LogP contribution in [-0.2, 0) is 0 Å². The summed E-state index contributed by atoms with van der Waals surface area (Å²) in [5.41, 5.74) is 2.79. The number of nitrogens with one attached hydrogen (secondary N) is 1. The fourth-order valence-corrected chi connectivity index (χ4v) is 4.11. The Balaban J connectivity index is 2.38. The average molecular weight is 290 g/mol. The predicted molar refractivity (Wildman–Crippen MR) is 85.7 cm³/mol. The topological polar surface area (TPSA) is 55.2 Å². The van der Waals surface area contributed by atoms with Gasteiger partial charge in [-0.05, 0) is 55.2 Å². The van der Waals surface area contributed by atoms with Crippen molar-refractivity contribution in [1.82, 2.24) is 5.32 Å². The van der Waals surface area contributed by atoms with Crippen LogP contribution in [0, 0.1) is 22.5 Å². The third-order valence-electron chi connectivity index (χ3n) is 5.48. The number of nitrogens with zero attached hydrogens (tertiary/aromatic N) is 1. The molecule has 2 unspecified atom stereocenters. The second-order valence-electron chi connectivity index (χ2n) is 6.14. The molecule has 1 aromatic carbocycles. The zero-order valence-corrected chi connectivity index (χ0v) is 13.5. The van der Waals surface area contributed by atoms with Crippen LogP contribution in [0.15, 0.2) is 18.2 Å². The van der Waals surface area contributed by atoms with E-state index in [1.54, 1.807) is 12.1 Å². The van der Waals surface area contributed by atoms with Gasteiger partial charge in [0.2, 0.25) is 0 Å². The number of nitro groups is 1. The zero-order chi connectivity index (χ0) is 15.6. The van der Waals surface area contributed by atoms with E-state index in [0.717, 1.165) is 25.8 Å². The minimum absolute atomic E-state index is 0.212. The molecule has 1 aliphatic carbocycles. The summed E-state index contributed by atoms with van der Waals surface area (Å²) >= 11 is 0. The maximum atomic E-state index is 11.1. The van der Waals surface area contributed by atoms with Gasteiger partial charge in [0, 0.05) is 18.2 Å². The molecule has 4 heteroatoms. The Morgan fingerprint density at radius 2 is 2.00 bits per heavy atom. The highest BCUT2D eigenvalue weighted by Gasteiger charge is 2.52. The third-order valence-corrected chi connectivity index (χ3v) is 5.48. The van der Waals surface area contributed by atoms with E-state index in [1.165, 1.54) is 11.1 Å². The number of nitro benzene ring substituents is 1. The predicted octanol–water partition coefficient (Wildman–Crippen LogP) is 4.18. The lowest BCUT2D eigenvalue weighted by molar-refractivity contribution is -0.385. The minimum atomic E-state index is -0.289. The van der Waals surface area contributed by atoms with Gasteiger partial charge in [-0.2, -0.15) is 0 Å². The highest BCUT2D eigenvalue weighted by atomic mass is 16.6. The van der Waals surface area contributed by atoms with E-state index in [-0.39, 0.29) is 16.0 Å². The molecule has 2 rings (SSSR count). The summed E-state index contributed by atoms with van der Waals surface area (Å²) in [5, 5.41) is 14.7. The summed E-state index contributed by atoms with van der Waals surface area (Å²) in [6, 6.07) is 5.83. The Kier molecular flexibility index (Phi) is 4.67. The first-order valence-electron chi connectivity index (χ1n) is 7.98. The lowest BCUT2D eigenvalue weighted by atomic mass is 9.51. The molecule has 0 heterocycles. The summed E-state index contributed by atoms with van der Waals surface area (Å²) < 4.78 is 0. The molecule has 2 atom stereocenters. The van der Waals surface area contributed by atoms with Crippen molar-refractivity contribution in [2.45, 2.75) is 58.9 Å². The monoisotopic (exact) mass is 290 g/mol. The zero-order valence-electron chi connectivity index (χ0n) is 13.5. The van der Waals surface area contributed by atoms with E-state index in [1.807, 2.05) is 6.07 Å². The van der Waals surface area contributed by atoms with Gasteiger partial charge in [0.1, 0.15) is 0 Å². The van der Waals surface area contributed by atoms with Gasteiger partial charge in [-0.15, -0.1) is 0 Å². The summed E-state index contributed by atoms with van der Waals surface area (Å²) in [6.07, 6.45) is 3.29. The molecule has 0 amide bonds. The van der Waals surface area contributed by atoms with E-state index >= 15 is 0 Å². The van der Waals surface area contributed by atoms with Crippen molar-refractivity contribution in [1.29, 1.82) is 0 Å². The van der Waals surface area contributed by atoms with Crippen LogP contribution in [0.5, 0.6) is 0 Å². The Morgan fingerprint density at radius 3 is 2.52 bits per heavy atom. The van der Waals surface area contributed by atoms with Crippen molar-refractivity contribution in [3.8, 4) is 0 Å². The number of rotatable bonds is 6. The molecule has 0 radical (unpaired) electrons. The quantitative estimate of drug-likeness (QED) is 0.631. The molecular weight excluding hydrogens is 264 g/mol. The molecule has 0 aromatic heterocycles. The molecule has 0 bridgehead atoms. The Morgan fingerprint density at radius 1 is 1.33 bits per heavy atom. The lowest BCUT2D eigenvalue weighted by Gasteiger charge is -2.57. The van der Waals surface area contributed by atoms with Crippen molar-refractivity contribution in [3.05, 3.63) is 39.4 Å². The van der Waals surface area contributed by atoms with Crippen LogP contribution in [0.3, 0.4) is 0 Å². The molecule has 1 aromatic rings. The van der Waals surface area contributed by atoms with Gasteiger partial charge < -0.3 is 5.32 Å². The van der Waals surface area contributed by atoms with E-state index < -0.39 is 0 Å². The van der Waals surface area contributed by atoms with Crippen LogP contribution in [0.2, 0.25) is 0 Å². The molecule has 1 aliphatic rings. The second-order valence-corrected chi connectivity index (χ2v) is 6.14. The summed E-state index contributed by atoms with van der Waals surface area (Å²) in [7, 11) is 0. The van der Waals surface area contributed by atoms with Crippen LogP contribution in [0.25, 0.3) is 0 Å². The molecule has 0 spiro atoms. The Hall–Kier alpha value is -1.42. The highest BCUT2D eigenvalue weighted by molar-refractivity contribution is 5.43. The summed E-state index contributed by atoms with van der Waals surface area (Å²) in [5.74, 6) is 0.427. The first-order valence-corrected chi connectivity index (χ1v) is 7.98. The molecule has 1 saturated carbocycles. The van der Waals surface area contributed by atoms with E-state index in [4.69, 9.17) is 0 Å². The normalized spacial score (nSPS) is 23.6. The first-order chi connectivity index (χ1) is 10.00. The van der Waals surface area contributed by atoms with Crippen LogP contribution in [0.4, 0.5) is 5.69 Å². The maximum Gasteiger partial charge on any atom is 0.269 e. The largest absolute Gasteiger partial charge is 0.314 e. The van der Waals surface area contributed by atoms with Crippen molar-refractivity contribution in [3.63, 3.8) is 0 Å². The average Bonchev–Trinajstić information content (AvgIpc) is 2.45. The van der Waals surface area contributed by atoms with Gasteiger partial charge >= 0.3 is 0 Å². The van der Waals surface area contributed by atoms with E-state index in [2.05, 4.69) is 33.0 Å². The third kappa shape index (κ3) is 2.57. The number of non-ortho nitro benzene ring substituents is 1. The number of hydrogen-bond donors (Lipinski definition) is 1. The molecule has 0 aliphatic heterocycles. The standard InChI is InChI=1S/C17H26N2O2/c1-5-17(6-2)15(11-16(17)18-7-3)14-10-13(19(20)21)9-8-12(14)4/h8-10,15-16,18H,5-7,11H2,1-4H3. The summed E-state index contributed by atoms with van der Waals surface area (Å²) in [4.78, 5) is 10.8. The van der Waals surface area contributed by atoms with Gasteiger partial charge in [0.15, 0.2) is 0 Å². The first kappa shape index (κ1) is 16.0.